The molecule has 4 atom stereocenters. The number of nitrogens with zero attached hydrogens (tertiary/aromatic N) is 4. The normalized spacial score (nSPS) is 26.7. The number of hydrogen-bond acceptors (Lipinski definition) is 9. The van der Waals surface area contributed by atoms with Crippen LogP contribution in [0.2, 0.25) is 10.2 Å². The molecule has 4 heterocycles. The predicted octanol–water partition coefficient (Wildman–Crippen LogP) is 4.47. The van der Waals surface area contributed by atoms with Gasteiger partial charge in [0.1, 0.15) is 16.5 Å². The second-order valence-corrected chi connectivity index (χ2v) is 11.6. The van der Waals surface area contributed by atoms with Gasteiger partial charge in [-0.15, -0.1) is 0 Å². The molecule has 4 aliphatic rings. The van der Waals surface area contributed by atoms with E-state index in [4.69, 9.17) is 37.7 Å². The zero-order chi connectivity index (χ0) is 25.1. The minimum absolute atomic E-state index is 0.116. The molecule has 0 spiro atoms. The number of halogens is 2. The Balaban J connectivity index is 1.18. The van der Waals surface area contributed by atoms with Crippen molar-refractivity contribution in [2.45, 2.75) is 37.5 Å². The molecule has 3 fully saturated rings. The number of fused-ring (bicyclic) bond motifs is 3. The van der Waals surface area contributed by atoms with E-state index in [1.807, 2.05) is 0 Å². The van der Waals surface area contributed by atoms with Gasteiger partial charge in [0.15, 0.2) is 21.8 Å². The molecule has 0 radical (unpaired) electrons. The number of anilines is 2. The summed E-state index contributed by atoms with van der Waals surface area (Å²) in [6.07, 6.45) is 8.23. The number of carbonyl (C=O) groups excluding carboxylic acids is 1. The quantitative estimate of drug-likeness (QED) is 0.377. The molecule has 2 saturated carbocycles. The van der Waals surface area contributed by atoms with Crippen molar-refractivity contribution >= 4 is 62.6 Å². The lowest BCUT2D eigenvalue weighted by molar-refractivity contribution is 0.0772. The van der Waals surface area contributed by atoms with E-state index in [2.05, 4.69) is 42.6 Å². The molecule has 13 heteroatoms. The second kappa shape index (κ2) is 9.30. The fraction of sp³-hybridized carbons (Fsp3) is 0.500. The molecule has 0 unspecified atom stereocenters. The number of ether oxygens (including phenoxy) is 2. The third kappa shape index (κ3) is 4.41. The summed E-state index contributed by atoms with van der Waals surface area (Å²) >= 11 is 14.7. The van der Waals surface area contributed by atoms with Gasteiger partial charge in [0.05, 0.1) is 36.2 Å². The van der Waals surface area contributed by atoms with Gasteiger partial charge in [-0.1, -0.05) is 46.7 Å². The van der Waals surface area contributed by atoms with Crippen LogP contribution in [0.25, 0.3) is 21.9 Å². The van der Waals surface area contributed by atoms with Crippen molar-refractivity contribution in [3.05, 3.63) is 28.5 Å². The maximum Gasteiger partial charge on any atom is 0.407 e. The molecule has 1 saturated heterocycles. The number of thiazole rings is 1. The largest absolute Gasteiger partial charge is 0.443 e. The Morgan fingerprint density at radius 1 is 1.19 bits per heavy atom. The maximum absolute atomic E-state index is 12.4. The van der Waals surface area contributed by atoms with Crippen LogP contribution in [0.1, 0.15) is 19.3 Å². The van der Waals surface area contributed by atoms with Crippen molar-refractivity contribution in [2.24, 2.45) is 11.8 Å². The van der Waals surface area contributed by atoms with Crippen molar-refractivity contribution in [3.8, 4) is 10.7 Å². The molecular formula is C24H25Cl2N7O3S. The Morgan fingerprint density at radius 3 is 2.81 bits per heavy atom. The van der Waals surface area contributed by atoms with Gasteiger partial charge in [-0.3, -0.25) is 0 Å². The molecule has 3 N–H and O–H groups in total. The van der Waals surface area contributed by atoms with Crippen molar-refractivity contribution < 1.29 is 14.3 Å². The van der Waals surface area contributed by atoms with Gasteiger partial charge >= 0.3 is 6.09 Å². The van der Waals surface area contributed by atoms with Crippen LogP contribution in [-0.4, -0.2) is 70.5 Å². The Morgan fingerprint density at radius 2 is 2.00 bits per heavy atom. The van der Waals surface area contributed by atoms with Crippen LogP contribution >= 0.6 is 34.5 Å². The van der Waals surface area contributed by atoms with Crippen LogP contribution in [-0.2, 0) is 9.47 Å². The van der Waals surface area contributed by atoms with Gasteiger partial charge in [0, 0.05) is 31.0 Å². The van der Waals surface area contributed by atoms with E-state index in [0.29, 0.717) is 46.1 Å². The van der Waals surface area contributed by atoms with Crippen molar-refractivity contribution in [1.29, 1.82) is 0 Å². The molecule has 3 aromatic rings. The van der Waals surface area contributed by atoms with Gasteiger partial charge in [-0.05, 0) is 19.3 Å². The topological polar surface area (TPSA) is 117 Å². The number of carbonyl (C=O) groups is 1. The Kier molecular flexibility index (Phi) is 5.91. The van der Waals surface area contributed by atoms with Gasteiger partial charge in [-0.25, -0.2) is 19.7 Å². The monoisotopic (exact) mass is 561 g/mol. The van der Waals surface area contributed by atoms with E-state index < -0.39 is 0 Å². The van der Waals surface area contributed by atoms with Crippen LogP contribution in [0.5, 0.6) is 0 Å². The molecule has 0 aromatic carbocycles. The third-order valence-corrected chi connectivity index (χ3v) is 9.18. The summed E-state index contributed by atoms with van der Waals surface area (Å²) in [6, 6.07) is 0.128. The Bertz CT molecular complexity index is 1380. The number of hydrogen-bond donors (Lipinski definition) is 3. The fourth-order valence-electron chi connectivity index (χ4n) is 5.35. The van der Waals surface area contributed by atoms with E-state index in [-0.39, 0.29) is 36.1 Å². The molecule has 194 valence electrons. The minimum Gasteiger partial charge on any atom is -0.443 e. The highest BCUT2D eigenvalue weighted by atomic mass is 35.5. The molecule has 1 amide bonds. The molecule has 3 aromatic heterocycles. The zero-order valence-electron chi connectivity index (χ0n) is 19.7. The fourth-order valence-corrected chi connectivity index (χ4v) is 6.84. The molecule has 7 rings (SSSR count). The van der Waals surface area contributed by atoms with Gasteiger partial charge in [0.2, 0.25) is 0 Å². The summed E-state index contributed by atoms with van der Waals surface area (Å²) in [6.45, 7) is 2.88. The number of aromatic nitrogens is 4. The average molecular weight is 562 g/mol. The van der Waals surface area contributed by atoms with Crippen LogP contribution in [0.3, 0.4) is 0 Å². The summed E-state index contributed by atoms with van der Waals surface area (Å²) in [5.74, 6) is 0.993. The molecule has 1 aliphatic heterocycles. The summed E-state index contributed by atoms with van der Waals surface area (Å²) in [7, 11) is 0. The predicted molar refractivity (Wildman–Crippen MR) is 143 cm³/mol. The van der Waals surface area contributed by atoms with Crippen molar-refractivity contribution in [1.82, 2.24) is 25.3 Å². The van der Waals surface area contributed by atoms with E-state index in [1.165, 1.54) is 11.3 Å². The zero-order valence-corrected chi connectivity index (χ0v) is 22.1. The lowest BCUT2D eigenvalue weighted by atomic mass is 9.98. The lowest BCUT2D eigenvalue weighted by Gasteiger charge is -2.29. The van der Waals surface area contributed by atoms with Crippen LogP contribution < -0.4 is 15.5 Å². The number of imidazole rings is 1. The summed E-state index contributed by atoms with van der Waals surface area (Å²) in [4.78, 5) is 32.4. The van der Waals surface area contributed by atoms with E-state index in [9.17, 15) is 4.79 Å². The molecule has 37 heavy (non-hydrogen) atoms. The summed E-state index contributed by atoms with van der Waals surface area (Å²) in [5, 5.41) is 8.19. The van der Waals surface area contributed by atoms with Gasteiger partial charge < -0.3 is 30.0 Å². The van der Waals surface area contributed by atoms with Crippen molar-refractivity contribution in [3.63, 3.8) is 0 Å². The SMILES string of the molecule is O=C(NC1CC1)O[C@@H]1[C@H](Nc2c(Cl)cnc3nc(-c4sc(N5CCOCC5)nc4Cl)[nH]c23)[C@H]2C=C[C@@H]1C2. The first-order chi connectivity index (χ1) is 18.0. The minimum atomic E-state index is -0.356. The first kappa shape index (κ1) is 23.5. The highest BCUT2D eigenvalue weighted by Crippen LogP contribution is 2.44. The van der Waals surface area contributed by atoms with Crippen LogP contribution in [0.15, 0.2) is 18.3 Å². The first-order valence-corrected chi connectivity index (χ1v) is 14.1. The number of nitrogens with one attached hydrogen (secondary N) is 3. The first-order valence-electron chi connectivity index (χ1n) is 12.5. The smallest absolute Gasteiger partial charge is 0.407 e. The number of alkyl carbamates (subject to hydrolysis) is 1. The van der Waals surface area contributed by atoms with Gasteiger partial charge in [-0.2, -0.15) is 0 Å². The maximum atomic E-state index is 12.4. The molecule has 10 nitrogen and oxygen atoms in total. The number of aromatic amines is 1. The molecular weight excluding hydrogens is 537 g/mol. The highest BCUT2D eigenvalue weighted by Gasteiger charge is 2.47. The Hall–Kier alpha value is -2.60. The second-order valence-electron chi connectivity index (χ2n) is 9.89. The van der Waals surface area contributed by atoms with E-state index >= 15 is 0 Å². The van der Waals surface area contributed by atoms with E-state index in [1.54, 1.807) is 6.20 Å². The van der Waals surface area contributed by atoms with Crippen molar-refractivity contribution in [2.75, 3.05) is 36.5 Å². The summed E-state index contributed by atoms with van der Waals surface area (Å²) in [5.41, 5.74) is 1.87. The number of pyridine rings is 1. The van der Waals surface area contributed by atoms with Gasteiger partial charge in [0.25, 0.3) is 0 Å². The number of rotatable bonds is 6. The number of amides is 1. The summed E-state index contributed by atoms with van der Waals surface area (Å²) < 4.78 is 11.3. The lowest BCUT2D eigenvalue weighted by Crippen LogP contribution is -2.42. The van der Waals surface area contributed by atoms with E-state index in [0.717, 1.165) is 42.4 Å². The highest BCUT2D eigenvalue weighted by molar-refractivity contribution is 7.19. The molecule has 3 aliphatic carbocycles. The van der Waals surface area contributed by atoms with Crippen LogP contribution in [0, 0.1) is 11.8 Å². The number of H-pyrrole nitrogens is 1. The number of morpholine rings is 1. The average Bonchev–Trinajstić information content (AvgIpc) is 3.25. The molecule has 2 bridgehead atoms. The standard InChI is InChI=1S/C24H25Cl2N7O3S/c25-14-10-27-21-17(30-22(32-21)19-20(26)31-23(37-19)33-5-7-35-8-6-33)16(14)29-15-11-1-2-12(9-11)18(15)36-24(34)28-13-3-4-13/h1-2,10-13,15,18H,3-9H2,(H,28,34)(H2,27,29,30,32)/t11-,12+,15+,18-/m0/s1. The Labute approximate surface area is 226 Å². The third-order valence-electron chi connectivity index (χ3n) is 7.39. The van der Waals surface area contributed by atoms with Crippen LogP contribution in [0.4, 0.5) is 15.6 Å².